The third-order valence-corrected chi connectivity index (χ3v) is 6.88. The molecule has 0 saturated heterocycles. The Morgan fingerprint density at radius 3 is 2.56 bits per heavy atom. The summed E-state index contributed by atoms with van der Waals surface area (Å²) in [6, 6.07) is 5.40. The average molecular weight is 574 g/mol. The maximum absolute atomic E-state index is 14.9. The molecule has 1 amide bonds. The molecule has 0 spiro atoms. The lowest BCUT2D eigenvalue weighted by Crippen LogP contribution is -2.28. The Kier molecular flexibility index (Phi) is 7.76. The summed E-state index contributed by atoms with van der Waals surface area (Å²) in [5.74, 6) is -1.43. The fraction of sp³-hybridized carbons (Fsp3) is 0.370. The van der Waals surface area contributed by atoms with Crippen LogP contribution in [0.5, 0.6) is 0 Å². The van der Waals surface area contributed by atoms with Gasteiger partial charge in [-0.1, -0.05) is 24.2 Å². The van der Waals surface area contributed by atoms with Crippen molar-refractivity contribution < 1.29 is 31.6 Å². The van der Waals surface area contributed by atoms with E-state index in [0.29, 0.717) is 36.6 Å². The Hall–Kier alpha value is -4.33. The maximum atomic E-state index is 14.9. The smallest absolute Gasteiger partial charge is 0.383 e. The predicted octanol–water partition coefficient (Wildman–Crippen LogP) is 5.19. The van der Waals surface area contributed by atoms with Gasteiger partial charge in [-0.3, -0.25) is 9.48 Å². The summed E-state index contributed by atoms with van der Waals surface area (Å²) < 4.78 is 66.4. The van der Waals surface area contributed by atoms with Gasteiger partial charge >= 0.3 is 6.18 Å². The molecular formula is C27H27F4N7O3. The van der Waals surface area contributed by atoms with E-state index in [0.717, 1.165) is 17.4 Å². The highest BCUT2D eigenvalue weighted by Crippen LogP contribution is 2.59. The number of hydrogen-bond acceptors (Lipinski definition) is 8. The zero-order valence-corrected chi connectivity index (χ0v) is 22.3. The van der Waals surface area contributed by atoms with Gasteiger partial charge in [0.2, 0.25) is 11.9 Å². The first kappa shape index (κ1) is 28.2. The minimum Gasteiger partial charge on any atom is -0.383 e. The van der Waals surface area contributed by atoms with Crippen LogP contribution >= 0.6 is 0 Å². The molecule has 0 aliphatic heterocycles. The third kappa shape index (κ3) is 6.06. The van der Waals surface area contributed by atoms with E-state index >= 15 is 0 Å². The highest BCUT2D eigenvalue weighted by molar-refractivity contribution is 5.91. The van der Waals surface area contributed by atoms with Crippen molar-refractivity contribution in [2.45, 2.75) is 50.7 Å². The van der Waals surface area contributed by atoms with Crippen LogP contribution in [0.25, 0.3) is 11.1 Å². The lowest BCUT2D eigenvalue weighted by atomic mass is 10.0. The predicted molar refractivity (Wildman–Crippen MR) is 140 cm³/mol. The minimum atomic E-state index is -4.46. The van der Waals surface area contributed by atoms with Crippen molar-refractivity contribution in [3.8, 4) is 11.1 Å². The lowest BCUT2D eigenvalue weighted by Gasteiger charge is -2.14. The van der Waals surface area contributed by atoms with Crippen molar-refractivity contribution >= 4 is 23.4 Å². The number of hydrogen-bond donors (Lipinski definition) is 2. The second-order valence-corrected chi connectivity index (χ2v) is 9.71. The summed E-state index contributed by atoms with van der Waals surface area (Å²) in [5.41, 5.74) is 0.746. The number of aryl methyl sites for hydroxylation is 1. The molecule has 10 nitrogen and oxygen atoms in total. The summed E-state index contributed by atoms with van der Waals surface area (Å²) in [5, 5.41) is 13.5. The summed E-state index contributed by atoms with van der Waals surface area (Å²) >= 11 is 0. The zero-order valence-electron chi connectivity index (χ0n) is 22.3. The summed E-state index contributed by atoms with van der Waals surface area (Å²) in [6.45, 7) is 3.13. The number of ether oxygens (including phenoxy) is 1. The first-order valence-corrected chi connectivity index (χ1v) is 12.9. The molecule has 14 heteroatoms. The number of methoxy groups -OCH3 is 1. The molecule has 5 rings (SSSR count). The molecule has 4 aromatic rings. The molecular weight excluding hydrogens is 546 g/mol. The second kappa shape index (κ2) is 11.3. The van der Waals surface area contributed by atoms with Crippen molar-refractivity contribution in [3.63, 3.8) is 0 Å². The zero-order chi connectivity index (χ0) is 29.2. The number of nitrogens with zero attached hydrogens (tertiary/aromatic N) is 5. The number of nitrogens with one attached hydrogen (secondary N) is 2. The fourth-order valence-electron chi connectivity index (χ4n) is 4.37. The molecule has 0 unspecified atom stereocenters. The van der Waals surface area contributed by atoms with Gasteiger partial charge in [-0.05, 0) is 36.5 Å². The quantitative estimate of drug-likeness (QED) is 0.235. The van der Waals surface area contributed by atoms with Crippen LogP contribution in [0.4, 0.5) is 35.0 Å². The molecule has 0 bridgehead atoms. The van der Waals surface area contributed by atoms with Crippen LogP contribution in [0.3, 0.4) is 0 Å². The van der Waals surface area contributed by atoms with E-state index in [9.17, 15) is 22.4 Å². The van der Waals surface area contributed by atoms with Crippen molar-refractivity contribution in [2.24, 2.45) is 0 Å². The van der Waals surface area contributed by atoms with E-state index in [4.69, 9.17) is 9.26 Å². The van der Waals surface area contributed by atoms with Gasteiger partial charge in [-0.15, -0.1) is 0 Å². The van der Waals surface area contributed by atoms with Gasteiger partial charge in [0.15, 0.2) is 11.6 Å². The van der Waals surface area contributed by atoms with Crippen molar-refractivity contribution in [1.29, 1.82) is 0 Å². The summed E-state index contributed by atoms with van der Waals surface area (Å²) in [6.07, 6.45) is 0.655. The average Bonchev–Trinajstić information content (AvgIpc) is 3.50. The van der Waals surface area contributed by atoms with Crippen LogP contribution < -0.4 is 10.6 Å². The Bertz CT molecular complexity index is 1530. The van der Waals surface area contributed by atoms with Crippen molar-refractivity contribution in [1.82, 2.24) is 24.9 Å². The van der Waals surface area contributed by atoms with Gasteiger partial charge in [0.05, 0.1) is 31.0 Å². The van der Waals surface area contributed by atoms with E-state index in [-0.39, 0.29) is 36.4 Å². The minimum absolute atomic E-state index is 0.0956. The van der Waals surface area contributed by atoms with E-state index in [1.165, 1.54) is 12.1 Å². The number of carbonyl (C=O) groups is 1. The highest BCUT2D eigenvalue weighted by Gasteiger charge is 2.66. The number of anilines is 3. The summed E-state index contributed by atoms with van der Waals surface area (Å²) in [7, 11) is 1.62. The molecule has 1 aliphatic carbocycles. The third-order valence-electron chi connectivity index (χ3n) is 6.88. The molecule has 2 N–H and O–H groups in total. The normalized spacial score (nSPS) is 14.2. The van der Waals surface area contributed by atoms with Crippen LogP contribution in [0.1, 0.15) is 36.8 Å². The van der Waals surface area contributed by atoms with E-state index < -0.39 is 23.3 Å². The number of benzene rings is 1. The van der Waals surface area contributed by atoms with Gasteiger partial charge < -0.3 is 19.9 Å². The lowest BCUT2D eigenvalue weighted by molar-refractivity contribution is -0.165. The van der Waals surface area contributed by atoms with E-state index in [1.807, 2.05) is 13.1 Å². The molecule has 216 valence electrons. The number of aromatic nitrogens is 5. The fourth-order valence-corrected chi connectivity index (χ4v) is 4.37. The standard InChI is InChI=1S/C27H27F4N7O3/c1-3-20-21(15-38(36-20)8-9-40-2)34-25-32-13-18(14-33-25)16-4-5-17(19(28)10-16)11-24(39)35-23-12-22(41-37-23)26(6-7-26)27(29,30)31/h4-5,10,12-15H,3,6-9,11H2,1-2H3,(H,32,33,34)(H,35,37,39). The molecule has 3 heterocycles. The number of amides is 1. The monoisotopic (exact) mass is 573 g/mol. The SMILES string of the molecule is CCc1nn(CCOC)cc1Nc1ncc(-c2ccc(CC(=O)Nc3cc(C4(C(F)(F)F)CC4)on3)c(F)c2)cn1. The first-order chi connectivity index (χ1) is 19.6. The highest BCUT2D eigenvalue weighted by atomic mass is 19.4. The van der Waals surface area contributed by atoms with Crippen LogP contribution in [-0.4, -0.2) is 50.7 Å². The number of carbonyl (C=O) groups excluding carboxylic acids is 1. The molecule has 1 aliphatic rings. The van der Waals surface area contributed by atoms with Crippen LogP contribution in [0.15, 0.2) is 47.4 Å². The Labute approximate surface area is 232 Å². The van der Waals surface area contributed by atoms with Gasteiger partial charge in [-0.25, -0.2) is 14.4 Å². The van der Waals surface area contributed by atoms with E-state index in [1.54, 1.807) is 30.3 Å². The van der Waals surface area contributed by atoms with Crippen molar-refractivity contribution in [2.75, 3.05) is 24.4 Å². The molecule has 1 aromatic carbocycles. The van der Waals surface area contributed by atoms with Crippen LogP contribution in [0, 0.1) is 5.82 Å². The Morgan fingerprint density at radius 1 is 1.17 bits per heavy atom. The van der Waals surface area contributed by atoms with Gasteiger partial charge in [0, 0.05) is 37.3 Å². The van der Waals surface area contributed by atoms with Gasteiger partial charge in [-0.2, -0.15) is 18.3 Å². The Balaban J connectivity index is 1.20. The largest absolute Gasteiger partial charge is 0.401 e. The van der Waals surface area contributed by atoms with E-state index in [2.05, 4.69) is 30.9 Å². The van der Waals surface area contributed by atoms with Crippen LogP contribution in [-0.2, 0) is 34.3 Å². The first-order valence-electron chi connectivity index (χ1n) is 12.9. The van der Waals surface area contributed by atoms with Gasteiger partial charge in [0.25, 0.3) is 0 Å². The van der Waals surface area contributed by atoms with Gasteiger partial charge in [0.1, 0.15) is 11.2 Å². The number of rotatable bonds is 11. The molecule has 41 heavy (non-hydrogen) atoms. The van der Waals surface area contributed by atoms with Crippen molar-refractivity contribution in [3.05, 3.63) is 65.7 Å². The molecule has 1 saturated carbocycles. The molecule has 0 atom stereocenters. The molecule has 3 aromatic heterocycles. The Morgan fingerprint density at radius 2 is 1.93 bits per heavy atom. The number of halogens is 4. The number of alkyl halides is 3. The maximum Gasteiger partial charge on any atom is 0.401 e. The molecule has 0 radical (unpaired) electrons. The second-order valence-electron chi connectivity index (χ2n) is 9.71. The van der Waals surface area contributed by atoms with Crippen LogP contribution in [0.2, 0.25) is 0 Å². The molecule has 1 fully saturated rings. The topological polar surface area (TPSA) is 120 Å². The summed E-state index contributed by atoms with van der Waals surface area (Å²) in [4.78, 5) is 21.1.